The van der Waals surface area contributed by atoms with E-state index in [0.717, 1.165) is 36.6 Å². The quantitative estimate of drug-likeness (QED) is 0.738. The lowest BCUT2D eigenvalue weighted by Crippen LogP contribution is -2.01. The van der Waals surface area contributed by atoms with Crippen LogP contribution in [0.15, 0.2) is 24.3 Å². The number of halogens is 1. The van der Waals surface area contributed by atoms with E-state index in [-0.39, 0.29) is 0 Å². The highest BCUT2D eigenvalue weighted by atomic mass is 35.5. The maximum atomic E-state index is 5.84. The van der Waals surface area contributed by atoms with Crippen molar-refractivity contribution >= 4 is 11.6 Å². The Morgan fingerprint density at radius 3 is 2.86 bits per heavy atom. The zero-order valence-electron chi connectivity index (χ0n) is 8.21. The van der Waals surface area contributed by atoms with Gasteiger partial charge in [-0.2, -0.15) is 0 Å². The van der Waals surface area contributed by atoms with E-state index in [2.05, 4.69) is 0 Å². The van der Waals surface area contributed by atoms with Crippen molar-refractivity contribution in [2.45, 2.75) is 19.4 Å². The Balaban J connectivity index is 2.18. The molecule has 0 aliphatic rings. The van der Waals surface area contributed by atoms with Gasteiger partial charge in [-0.05, 0) is 37.1 Å². The van der Waals surface area contributed by atoms with Crippen LogP contribution in [0.2, 0.25) is 5.02 Å². The summed E-state index contributed by atoms with van der Waals surface area (Å²) < 4.78 is 5.46. The van der Waals surface area contributed by atoms with Crippen LogP contribution in [0.3, 0.4) is 0 Å². The second-order valence-electron chi connectivity index (χ2n) is 3.18. The molecule has 0 aliphatic heterocycles. The van der Waals surface area contributed by atoms with Crippen LogP contribution in [0.5, 0.6) is 0 Å². The molecule has 1 aromatic carbocycles. The predicted molar refractivity (Wildman–Crippen MR) is 59.4 cm³/mol. The minimum atomic E-state index is 0.630. The van der Waals surface area contributed by atoms with Gasteiger partial charge in [0.25, 0.3) is 0 Å². The minimum Gasteiger partial charge on any atom is -0.377 e. The number of ether oxygens (including phenoxy) is 1. The first-order valence-electron chi connectivity index (χ1n) is 4.85. The molecule has 78 valence electrons. The molecule has 0 aromatic heterocycles. The Hall–Kier alpha value is -0.570. The van der Waals surface area contributed by atoms with E-state index < -0.39 is 0 Å². The average Bonchev–Trinajstić information content (AvgIpc) is 2.18. The second-order valence-corrected chi connectivity index (χ2v) is 3.61. The van der Waals surface area contributed by atoms with E-state index in [1.807, 2.05) is 24.3 Å². The number of rotatable bonds is 6. The van der Waals surface area contributed by atoms with E-state index in [1.165, 1.54) is 0 Å². The van der Waals surface area contributed by atoms with Crippen LogP contribution in [-0.2, 0) is 11.3 Å². The predicted octanol–water partition coefficient (Wildman–Crippen LogP) is 2.60. The van der Waals surface area contributed by atoms with Gasteiger partial charge in [0.15, 0.2) is 0 Å². The lowest BCUT2D eigenvalue weighted by molar-refractivity contribution is 0.117. The zero-order valence-corrected chi connectivity index (χ0v) is 8.96. The van der Waals surface area contributed by atoms with Crippen LogP contribution in [0.1, 0.15) is 18.4 Å². The summed E-state index contributed by atoms with van der Waals surface area (Å²) in [6.45, 7) is 2.13. The molecule has 0 bridgehead atoms. The molecule has 0 unspecified atom stereocenters. The molecule has 0 radical (unpaired) electrons. The third kappa shape index (κ3) is 4.61. The van der Waals surface area contributed by atoms with E-state index in [1.54, 1.807) is 0 Å². The normalized spacial score (nSPS) is 10.4. The fourth-order valence-electron chi connectivity index (χ4n) is 1.17. The third-order valence-electron chi connectivity index (χ3n) is 1.90. The fourth-order valence-corrected chi connectivity index (χ4v) is 1.38. The highest BCUT2D eigenvalue weighted by Crippen LogP contribution is 2.11. The maximum Gasteiger partial charge on any atom is 0.0717 e. The van der Waals surface area contributed by atoms with Gasteiger partial charge in [-0.15, -0.1) is 0 Å². The summed E-state index contributed by atoms with van der Waals surface area (Å²) in [4.78, 5) is 0. The van der Waals surface area contributed by atoms with Gasteiger partial charge in [0.1, 0.15) is 0 Å². The SMILES string of the molecule is NCCCCOCc1cccc(Cl)c1. The number of benzene rings is 1. The Bertz CT molecular complexity index is 265. The first-order valence-corrected chi connectivity index (χ1v) is 5.23. The van der Waals surface area contributed by atoms with Gasteiger partial charge in [-0.25, -0.2) is 0 Å². The van der Waals surface area contributed by atoms with Crippen LogP contribution >= 0.6 is 11.6 Å². The lowest BCUT2D eigenvalue weighted by atomic mass is 10.2. The minimum absolute atomic E-state index is 0.630. The van der Waals surface area contributed by atoms with Crippen LogP contribution in [0.4, 0.5) is 0 Å². The number of unbranched alkanes of at least 4 members (excludes halogenated alkanes) is 1. The Labute approximate surface area is 90.0 Å². The first-order chi connectivity index (χ1) is 6.83. The summed E-state index contributed by atoms with van der Waals surface area (Å²) in [5.41, 5.74) is 6.48. The van der Waals surface area contributed by atoms with Crippen LogP contribution in [0, 0.1) is 0 Å². The molecule has 0 spiro atoms. The van der Waals surface area contributed by atoms with Crippen molar-refractivity contribution in [3.8, 4) is 0 Å². The second kappa shape index (κ2) is 6.82. The molecule has 2 N–H and O–H groups in total. The number of hydrogen-bond donors (Lipinski definition) is 1. The molecule has 0 heterocycles. The van der Waals surface area contributed by atoms with Crippen LogP contribution in [0.25, 0.3) is 0 Å². The van der Waals surface area contributed by atoms with Gasteiger partial charge in [0.05, 0.1) is 6.61 Å². The highest BCUT2D eigenvalue weighted by Gasteiger charge is 1.94. The molecule has 0 fully saturated rings. The molecule has 0 saturated carbocycles. The first kappa shape index (κ1) is 11.5. The fraction of sp³-hybridized carbons (Fsp3) is 0.455. The molecule has 3 heteroatoms. The van der Waals surface area contributed by atoms with Crippen molar-refractivity contribution < 1.29 is 4.74 Å². The summed E-state index contributed by atoms with van der Waals surface area (Å²) in [6.07, 6.45) is 2.05. The zero-order chi connectivity index (χ0) is 10.2. The van der Waals surface area contributed by atoms with Gasteiger partial charge in [0, 0.05) is 11.6 Å². The van der Waals surface area contributed by atoms with Crippen molar-refractivity contribution in [3.05, 3.63) is 34.9 Å². The lowest BCUT2D eigenvalue weighted by Gasteiger charge is -2.03. The topological polar surface area (TPSA) is 35.2 Å². The largest absolute Gasteiger partial charge is 0.377 e. The standard InChI is InChI=1S/C11H16ClNO/c12-11-5-3-4-10(8-11)9-14-7-2-1-6-13/h3-5,8H,1-2,6-7,9,13H2. The highest BCUT2D eigenvalue weighted by molar-refractivity contribution is 6.30. The van der Waals surface area contributed by atoms with Gasteiger partial charge in [0.2, 0.25) is 0 Å². The molecule has 2 nitrogen and oxygen atoms in total. The van der Waals surface area contributed by atoms with Gasteiger partial charge >= 0.3 is 0 Å². The molecule has 0 saturated heterocycles. The van der Waals surface area contributed by atoms with Crippen LogP contribution < -0.4 is 5.73 Å². The molecule has 1 aromatic rings. The third-order valence-corrected chi connectivity index (χ3v) is 2.14. The molecule has 0 atom stereocenters. The van der Waals surface area contributed by atoms with Crippen molar-refractivity contribution in [3.63, 3.8) is 0 Å². The number of nitrogens with two attached hydrogens (primary N) is 1. The van der Waals surface area contributed by atoms with Crippen molar-refractivity contribution in [1.29, 1.82) is 0 Å². The molecule has 1 rings (SSSR count). The summed E-state index contributed by atoms with van der Waals surface area (Å²) >= 11 is 5.84. The van der Waals surface area contributed by atoms with Crippen molar-refractivity contribution in [2.75, 3.05) is 13.2 Å². The Kier molecular flexibility index (Phi) is 5.60. The van der Waals surface area contributed by atoms with Crippen LogP contribution in [-0.4, -0.2) is 13.2 Å². The summed E-state index contributed by atoms with van der Waals surface area (Å²) in [5, 5.41) is 0.757. The van der Waals surface area contributed by atoms with Crippen molar-refractivity contribution in [1.82, 2.24) is 0 Å². The van der Waals surface area contributed by atoms with E-state index >= 15 is 0 Å². The van der Waals surface area contributed by atoms with Crippen molar-refractivity contribution in [2.24, 2.45) is 5.73 Å². The number of hydrogen-bond acceptors (Lipinski definition) is 2. The summed E-state index contributed by atoms with van der Waals surface area (Å²) in [5.74, 6) is 0. The monoisotopic (exact) mass is 213 g/mol. The molecule has 0 aliphatic carbocycles. The molecular formula is C11H16ClNO. The maximum absolute atomic E-state index is 5.84. The van der Waals surface area contributed by atoms with E-state index in [9.17, 15) is 0 Å². The van der Waals surface area contributed by atoms with Gasteiger partial charge in [-0.1, -0.05) is 23.7 Å². The average molecular weight is 214 g/mol. The molecule has 0 amide bonds. The Morgan fingerprint density at radius 1 is 1.29 bits per heavy atom. The van der Waals surface area contributed by atoms with E-state index in [4.69, 9.17) is 22.1 Å². The summed E-state index contributed by atoms with van der Waals surface area (Å²) in [7, 11) is 0. The molecule has 14 heavy (non-hydrogen) atoms. The summed E-state index contributed by atoms with van der Waals surface area (Å²) in [6, 6.07) is 7.72. The van der Waals surface area contributed by atoms with Gasteiger partial charge < -0.3 is 10.5 Å². The smallest absolute Gasteiger partial charge is 0.0717 e. The Morgan fingerprint density at radius 2 is 2.14 bits per heavy atom. The van der Waals surface area contributed by atoms with Gasteiger partial charge in [-0.3, -0.25) is 0 Å². The van der Waals surface area contributed by atoms with E-state index in [0.29, 0.717) is 6.61 Å². The molecular weight excluding hydrogens is 198 g/mol.